The first-order chi connectivity index (χ1) is 16.9. The summed E-state index contributed by atoms with van der Waals surface area (Å²) in [6, 6.07) is 10.6. The second-order valence-electron chi connectivity index (χ2n) is 8.42. The highest BCUT2D eigenvalue weighted by molar-refractivity contribution is 7.92. The Morgan fingerprint density at radius 1 is 1.06 bits per heavy atom. The first kappa shape index (κ1) is 29.3. The van der Waals surface area contributed by atoms with Crippen LogP contribution in [0.3, 0.4) is 0 Å². The number of amides is 2. The number of anilines is 1. The summed E-state index contributed by atoms with van der Waals surface area (Å²) in [4.78, 5) is 27.9. The molecule has 11 heteroatoms. The second kappa shape index (κ2) is 12.8. The summed E-state index contributed by atoms with van der Waals surface area (Å²) >= 11 is 6.33. The summed E-state index contributed by atoms with van der Waals surface area (Å²) in [5.41, 5.74) is 0.852. The van der Waals surface area contributed by atoms with E-state index in [0.29, 0.717) is 22.1 Å². The van der Waals surface area contributed by atoms with Gasteiger partial charge in [0, 0.05) is 23.7 Å². The van der Waals surface area contributed by atoms with Gasteiger partial charge in [0.2, 0.25) is 21.8 Å². The lowest BCUT2D eigenvalue weighted by atomic mass is 10.1. The van der Waals surface area contributed by atoms with Crippen LogP contribution in [-0.4, -0.2) is 64.2 Å². The van der Waals surface area contributed by atoms with Crippen LogP contribution in [0, 0.1) is 0 Å². The largest absolute Gasteiger partial charge is 0.493 e. The number of rotatable bonds is 12. The quantitative estimate of drug-likeness (QED) is 0.443. The highest BCUT2D eigenvalue weighted by Gasteiger charge is 2.31. The molecule has 0 fully saturated rings. The number of carbonyl (C=O) groups excluding carboxylic acids is 2. The Hall–Kier alpha value is -2.98. The molecule has 0 unspecified atom stereocenters. The molecule has 9 nitrogen and oxygen atoms in total. The van der Waals surface area contributed by atoms with Crippen LogP contribution >= 0.6 is 11.6 Å². The lowest BCUT2D eigenvalue weighted by Gasteiger charge is -2.32. The minimum Gasteiger partial charge on any atom is -0.493 e. The predicted molar refractivity (Wildman–Crippen MR) is 141 cm³/mol. The number of carbonyl (C=O) groups is 2. The smallest absolute Gasteiger partial charge is 0.244 e. The van der Waals surface area contributed by atoms with Crippen molar-refractivity contribution in [2.24, 2.45) is 0 Å². The molecule has 2 amide bonds. The molecule has 2 aromatic carbocycles. The van der Waals surface area contributed by atoms with Crippen molar-refractivity contribution in [3.63, 3.8) is 0 Å². The van der Waals surface area contributed by atoms with Crippen molar-refractivity contribution >= 4 is 39.1 Å². The molecule has 0 aliphatic carbocycles. The first-order valence-electron chi connectivity index (χ1n) is 11.5. The van der Waals surface area contributed by atoms with Crippen LogP contribution in [0.5, 0.6) is 11.5 Å². The molecule has 0 aliphatic heterocycles. The molecule has 1 N–H and O–H groups in total. The molecule has 0 aromatic heterocycles. The molecule has 2 atom stereocenters. The normalized spacial score (nSPS) is 12.9. The standard InChI is InChI=1S/C25H34ClN3O6S/c1-7-17(2)27-25(31)18(3)28(15-19-10-8-9-11-21(19)26)24(30)16-29(36(6,32)33)20-12-13-22(34-4)23(14-20)35-5/h8-14,17-18H,7,15-16H2,1-6H3,(H,27,31)/t17-,18+/m1/s1. The van der Waals surface area contributed by atoms with Gasteiger partial charge in [0.25, 0.3) is 0 Å². The Morgan fingerprint density at radius 3 is 2.25 bits per heavy atom. The SMILES string of the molecule is CC[C@@H](C)NC(=O)[C@H](C)N(Cc1ccccc1Cl)C(=O)CN(c1ccc(OC)c(OC)c1)S(C)(=O)=O. The molecule has 0 bridgehead atoms. The van der Waals surface area contributed by atoms with Crippen LogP contribution in [0.4, 0.5) is 5.69 Å². The molecule has 2 aromatic rings. The number of hydrogen-bond acceptors (Lipinski definition) is 6. The molecule has 0 spiro atoms. The summed E-state index contributed by atoms with van der Waals surface area (Å²) in [5.74, 6) is -0.189. The highest BCUT2D eigenvalue weighted by atomic mass is 35.5. The predicted octanol–water partition coefficient (Wildman–Crippen LogP) is 3.46. The average molecular weight is 540 g/mol. The zero-order chi connectivity index (χ0) is 27.0. The third-order valence-corrected chi connectivity index (χ3v) is 7.31. The van der Waals surface area contributed by atoms with Gasteiger partial charge in [0.1, 0.15) is 12.6 Å². The zero-order valence-electron chi connectivity index (χ0n) is 21.4. The fourth-order valence-corrected chi connectivity index (χ4v) is 4.49. The van der Waals surface area contributed by atoms with Gasteiger partial charge in [0.15, 0.2) is 11.5 Å². The van der Waals surface area contributed by atoms with Gasteiger partial charge in [-0.05, 0) is 44.0 Å². The topological polar surface area (TPSA) is 105 Å². The summed E-state index contributed by atoms with van der Waals surface area (Å²) < 4.78 is 36.9. The Labute approximate surface area is 218 Å². The van der Waals surface area contributed by atoms with Crippen molar-refractivity contribution in [3.05, 3.63) is 53.1 Å². The maximum absolute atomic E-state index is 13.6. The van der Waals surface area contributed by atoms with Gasteiger partial charge < -0.3 is 19.7 Å². The molecule has 2 rings (SSSR count). The Kier molecular flexibility index (Phi) is 10.4. The number of nitrogens with zero attached hydrogens (tertiary/aromatic N) is 2. The fraction of sp³-hybridized carbons (Fsp3) is 0.440. The van der Waals surface area contributed by atoms with Crippen molar-refractivity contribution in [2.75, 3.05) is 31.3 Å². The molecule has 0 saturated heterocycles. The van der Waals surface area contributed by atoms with Gasteiger partial charge in [-0.15, -0.1) is 0 Å². The molecular formula is C25H34ClN3O6S. The average Bonchev–Trinajstić information content (AvgIpc) is 2.84. The van der Waals surface area contributed by atoms with E-state index in [2.05, 4.69) is 5.32 Å². The highest BCUT2D eigenvalue weighted by Crippen LogP contribution is 2.32. The van der Waals surface area contributed by atoms with Crippen LogP contribution in [0.25, 0.3) is 0 Å². The van der Waals surface area contributed by atoms with E-state index in [-0.39, 0.29) is 24.2 Å². The van der Waals surface area contributed by atoms with Gasteiger partial charge in [-0.1, -0.05) is 36.7 Å². The van der Waals surface area contributed by atoms with Gasteiger partial charge in [-0.25, -0.2) is 8.42 Å². The van der Waals surface area contributed by atoms with E-state index in [9.17, 15) is 18.0 Å². The maximum Gasteiger partial charge on any atom is 0.244 e. The van der Waals surface area contributed by atoms with Gasteiger partial charge in [-0.2, -0.15) is 0 Å². The fourth-order valence-electron chi connectivity index (χ4n) is 3.45. The number of methoxy groups -OCH3 is 2. The molecule has 0 heterocycles. The lowest BCUT2D eigenvalue weighted by Crippen LogP contribution is -2.52. The van der Waals surface area contributed by atoms with Crippen LogP contribution in [-0.2, 0) is 26.2 Å². The Morgan fingerprint density at radius 2 is 1.69 bits per heavy atom. The van der Waals surface area contributed by atoms with E-state index in [1.807, 2.05) is 13.8 Å². The second-order valence-corrected chi connectivity index (χ2v) is 10.7. The first-order valence-corrected chi connectivity index (χ1v) is 13.7. The minimum atomic E-state index is -3.88. The van der Waals surface area contributed by atoms with E-state index in [1.165, 1.54) is 31.3 Å². The third-order valence-electron chi connectivity index (χ3n) is 5.80. The van der Waals surface area contributed by atoms with Crippen LogP contribution in [0.15, 0.2) is 42.5 Å². The van der Waals surface area contributed by atoms with Gasteiger partial charge in [-0.3, -0.25) is 13.9 Å². The third kappa shape index (κ3) is 7.51. The van der Waals surface area contributed by atoms with Crippen LogP contribution in [0.2, 0.25) is 5.02 Å². The van der Waals surface area contributed by atoms with Crippen molar-refractivity contribution in [1.29, 1.82) is 0 Å². The summed E-state index contributed by atoms with van der Waals surface area (Å²) in [6.07, 6.45) is 1.73. The molecular weight excluding hydrogens is 506 g/mol. The molecule has 36 heavy (non-hydrogen) atoms. The van der Waals surface area contributed by atoms with E-state index in [0.717, 1.165) is 17.0 Å². The number of sulfonamides is 1. The summed E-state index contributed by atoms with van der Waals surface area (Å²) in [5, 5.41) is 3.31. The van der Waals surface area contributed by atoms with Gasteiger partial charge in [0.05, 0.1) is 26.2 Å². The number of nitrogens with one attached hydrogen (secondary N) is 1. The number of ether oxygens (including phenoxy) is 2. The van der Waals surface area contributed by atoms with Crippen molar-refractivity contribution in [2.45, 2.75) is 45.8 Å². The van der Waals surface area contributed by atoms with E-state index in [4.69, 9.17) is 21.1 Å². The van der Waals surface area contributed by atoms with E-state index < -0.39 is 28.5 Å². The van der Waals surface area contributed by atoms with E-state index >= 15 is 0 Å². The number of benzene rings is 2. The van der Waals surface area contributed by atoms with E-state index in [1.54, 1.807) is 37.3 Å². The summed E-state index contributed by atoms with van der Waals surface area (Å²) in [6.45, 7) is 4.91. The van der Waals surface area contributed by atoms with Crippen molar-refractivity contribution in [1.82, 2.24) is 10.2 Å². The zero-order valence-corrected chi connectivity index (χ0v) is 23.0. The Balaban J connectivity index is 2.45. The molecule has 198 valence electrons. The molecule has 0 aliphatic rings. The van der Waals surface area contributed by atoms with Crippen molar-refractivity contribution in [3.8, 4) is 11.5 Å². The minimum absolute atomic E-state index is 0.0249. The maximum atomic E-state index is 13.6. The van der Waals surface area contributed by atoms with Crippen LogP contribution in [0.1, 0.15) is 32.8 Å². The summed E-state index contributed by atoms with van der Waals surface area (Å²) in [7, 11) is -0.981. The van der Waals surface area contributed by atoms with Crippen molar-refractivity contribution < 1.29 is 27.5 Å². The lowest BCUT2D eigenvalue weighted by molar-refractivity contribution is -0.139. The van der Waals surface area contributed by atoms with Crippen LogP contribution < -0.4 is 19.1 Å². The Bertz CT molecular complexity index is 1170. The van der Waals surface area contributed by atoms with Gasteiger partial charge >= 0.3 is 0 Å². The molecule has 0 saturated carbocycles. The molecule has 0 radical (unpaired) electrons. The number of hydrogen-bond donors (Lipinski definition) is 1. The monoisotopic (exact) mass is 539 g/mol. The number of halogens is 1.